The number of ether oxygens (including phenoxy) is 1. The average molecular weight is 236 g/mol. The Bertz CT molecular complexity index is 290. The summed E-state index contributed by atoms with van der Waals surface area (Å²) in [6.07, 6.45) is 0. The van der Waals surface area contributed by atoms with Crippen molar-refractivity contribution in [2.75, 3.05) is 40.4 Å². The van der Waals surface area contributed by atoms with Gasteiger partial charge in [-0.3, -0.25) is 0 Å². The number of likely N-dealkylation sites (N-methyl/N-ethyl adjacent to an activating group) is 2. The van der Waals surface area contributed by atoms with E-state index in [1.807, 2.05) is 14.0 Å². The number of nitrogens with zero attached hydrogens (tertiary/aromatic N) is 1. The molecule has 1 rings (SSSR count). The Balaban J connectivity index is 2.41. The molecule has 1 unspecified atom stereocenters. The summed E-state index contributed by atoms with van der Waals surface area (Å²) in [7, 11) is 4.14. The Morgan fingerprint density at radius 2 is 2.00 bits per heavy atom. The molecular formula is C14H24N2O. The normalized spacial score (nSPS) is 12.9. The zero-order chi connectivity index (χ0) is 12.5. The monoisotopic (exact) mass is 236 g/mol. The molecule has 0 spiro atoms. The van der Waals surface area contributed by atoms with E-state index >= 15 is 0 Å². The van der Waals surface area contributed by atoms with Crippen LogP contribution in [0.3, 0.4) is 0 Å². The van der Waals surface area contributed by atoms with Crippen LogP contribution in [0.2, 0.25) is 0 Å². The van der Waals surface area contributed by atoms with Gasteiger partial charge in [-0.1, -0.05) is 30.3 Å². The molecule has 0 aliphatic rings. The van der Waals surface area contributed by atoms with Crippen LogP contribution in [0, 0.1) is 0 Å². The van der Waals surface area contributed by atoms with Gasteiger partial charge in [0.2, 0.25) is 0 Å². The van der Waals surface area contributed by atoms with Crippen molar-refractivity contribution in [1.29, 1.82) is 0 Å². The topological polar surface area (TPSA) is 24.5 Å². The van der Waals surface area contributed by atoms with Crippen LogP contribution in [0.5, 0.6) is 0 Å². The van der Waals surface area contributed by atoms with Gasteiger partial charge in [0.1, 0.15) is 0 Å². The Morgan fingerprint density at radius 3 is 2.59 bits per heavy atom. The maximum absolute atomic E-state index is 5.36. The molecule has 0 amide bonds. The molecule has 1 aromatic carbocycles. The van der Waals surface area contributed by atoms with Crippen molar-refractivity contribution in [2.45, 2.75) is 13.0 Å². The van der Waals surface area contributed by atoms with E-state index in [0.29, 0.717) is 6.04 Å². The third-order valence-electron chi connectivity index (χ3n) is 2.87. The summed E-state index contributed by atoms with van der Waals surface area (Å²) in [5, 5.41) is 3.36. The summed E-state index contributed by atoms with van der Waals surface area (Å²) in [5.41, 5.74) is 1.33. The second-order valence-electron chi connectivity index (χ2n) is 4.21. The summed E-state index contributed by atoms with van der Waals surface area (Å²) in [6, 6.07) is 10.9. The van der Waals surface area contributed by atoms with Gasteiger partial charge in [0.05, 0.1) is 6.61 Å². The maximum Gasteiger partial charge on any atom is 0.0593 e. The van der Waals surface area contributed by atoms with E-state index in [1.54, 1.807) is 0 Å². The highest BCUT2D eigenvalue weighted by Crippen LogP contribution is 2.12. The van der Waals surface area contributed by atoms with Gasteiger partial charge in [-0.2, -0.15) is 0 Å². The Morgan fingerprint density at radius 1 is 1.29 bits per heavy atom. The van der Waals surface area contributed by atoms with Crippen molar-refractivity contribution in [3.05, 3.63) is 35.9 Å². The Labute approximate surface area is 105 Å². The first-order valence-electron chi connectivity index (χ1n) is 6.26. The molecule has 96 valence electrons. The van der Waals surface area contributed by atoms with Gasteiger partial charge in [0.15, 0.2) is 0 Å². The number of hydrogen-bond donors (Lipinski definition) is 1. The summed E-state index contributed by atoms with van der Waals surface area (Å²) >= 11 is 0. The van der Waals surface area contributed by atoms with Crippen molar-refractivity contribution >= 4 is 0 Å². The Hall–Kier alpha value is -0.900. The Kier molecular flexibility index (Phi) is 6.86. The highest BCUT2D eigenvalue weighted by Gasteiger charge is 2.11. The molecule has 3 heteroatoms. The summed E-state index contributed by atoms with van der Waals surface area (Å²) in [4.78, 5) is 2.30. The minimum absolute atomic E-state index is 0.378. The van der Waals surface area contributed by atoms with E-state index in [2.05, 4.69) is 47.6 Å². The van der Waals surface area contributed by atoms with Gasteiger partial charge in [-0.15, -0.1) is 0 Å². The van der Waals surface area contributed by atoms with Crippen molar-refractivity contribution in [3.63, 3.8) is 0 Å². The van der Waals surface area contributed by atoms with Crippen LogP contribution in [0.25, 0.3) is 0 Å². The molecule has 17 heavy (non-hydrogen) atoms. The highest BCUT2D eigenvalue weighted by atomic mass is 16.5. The van der Waals surface area contributed by atoms with Crippen LogP contribution in [0.1, 0.15) is 18.5 Å². The van der Waals surface area contributed by atoms with Crippen LogP contribution >= 0.6 is 0 Å². The van der Waals surface area contributed by atoms with Gasteiger partial charge < -0.3 is 15.0 Å². The largest absolute Gasteiger partial charge is 0.380 e. The molecule has 0 aliphatic heterocycles. The summed E-state index contributed by atoms with van der Waals surface area (Å²) < 4.78 is 5.36. The van der Waals surface area contributed by atoms with E-state index in [-0.39, 0.29) is 0 Å². The van der Waals surface area contributed by atoms with Crippen LogP contribution in [-0.4, -0.2) is 45.3 Å². The zero-order valence-corrected chi connectivity index (χ0v) is 11.1. The zero-order valence-electron chi connectivity index (χ0n) is 11.1. The van der Waals surface area contributed by atoms with Gasteiger partial charge >= 0.3 is 0 Å². The molecule has 1 aromatic rings. The van der Waals surface area contributed by atoms with E-state index in [9.17, 15) is 0 Å². The van der Waals surface area contributed by atoms with Crippen LogP contribution in [-0.2, 0) is 4.74 Å². The van der Waals surface area contributed by atoms with Crippen LogP contribution < -0.4 is 5.32 Å². The first kappa shape index (κ1) is 14.2. The predicted molar refractivity (Wildman–Crippen MR) is 72.2 cm³/mol. The number of hydrogen-bond acceptors (Lipinski definition) is 3. The smallest absolute Gasteiger partial charge is 0.0593 e. The minimum Gasteiger partial charge on any atom is -0.380 e. The second kappa shape index (κ2) is 8.23. The van der Waals surface area contributed by atoms with Crippen LogP contribution in [0.15, 0.2) is 30.3 Å². The first-order valence-corrected chi connectivity index (χ1v) is 6.26. The molecule has 3 nitrogen and oxygen atoms in total. The fraction of sp³-hybridized carbons (Fsp3) is 0.571. The van der Waals surface area contributed by atoms with Crippen molar-refractivity contribution < 1.29 is 4.74 Å². The van der Waals surface area contributed by atoms with Crippen LogP contribution in [0.4, 0.5) is 0 Å². The molecule has 0 bridgehead atoms. The van der Waals surface area contributed by atoms with E-state index in [4.69, 9.17) is 4.74 Å². The van der Waals surface area contributed by atoms with Gasteiger partial charge in [-0.05, 0) is 26.6 Å². The van der Waals surface area contributed by atoms with Gasteiger partial charge in [0.25, 0.3) is 0 Å². The minimum atomic E-state index is 0.378. The first-order chi connectivity index (χ1) is 8.27. The molecule has 0 radical (unpaired) electrons. The molecule has 0 aromatic heterocycles. The lowest BCUT2D eigenvalue weighted by Gasteiger charge is -2.24. The fourth-order valence-electron chi connectivity index (χ4n) is 1.82. The van der Waals surface area contributed by atoms with Crippen molar-refractivity contribution in [3.8, 4) is 0 Å². The average Bonchev–Trinajstić information content (AvgIpc) is 2.37. The lowest BCUT2D eigenvalue weighted by molar-refractivity contribution is 0.119. The van der Waals surface area contributed by atoms with E-state index in [0.717, 1.165) is 26.3 Å². The molecule has 0 aliphatic carbocycles. The molecule has 0 fully saturated rings. The molecule has 0 saturated carbocycles. The standard InChI is InChI=1S/C14H24N2O/c1-4-17-11-10-16(3)12-14(15-2)13-8-6-5-7-9-13/h5-9,14-15H,4,10-12H2,1-3H3. The van der Waals surface area contributed by atoms with Crippen molar-refractivity contribution in [2.24, 2.45) is 0 Å². The predicted octanol–water partition coefficient (Wildman–Crippen LogP) is 1.92. The third-order valence-corrected chi connectivity index (χ3v) is 2.87. The molecule has 0 saturated heterocycles. The van der Waals surface area contributed by atoms with Gasteiger partial charge in [-0.25, -0.2) is 0 Å². The van der Waals surface area contributed by atoms with Crippen molar-refractivity contribution in [1.82, 2.24) is 10.2 Å². The fourth-order valence-corrected chi connectivity index (χ4v) is 1.82. The van der Waals surface area contributed by atoms with E-state index < -0.39 is 0 Å². The molecule has 1 N–H and O–H groups in total. The lowest BCUT2D eigenvalue weighted by atomic mass is 10.1. The summed E-state index contributed by atoms with van der Waals surface area (Å²) in [6.45, 7) is 5.59. The quantitative estimate of drug-likeness (QED) is 0.698. The van der Waals surface area contributed by atoms with Gasteiger partial charge in [0, 0.05) is 25.7 Å². The third kappa shape index (κ3) is 5.31. The lowest BCUT2D eigenvalue weighted by Crippen LogP contribution is -2.33. The summed E-state index contributed by atoms with van der Waals surface area (Å²) in [5.74, 6) is 0. The number of benzene rings is 1. The van der Waals surface area contributed by atoms with E-state index in [1.165, 1.54) is 5.56 Å². The highest BCUT2D eigenvalue weighted by molar-refractivity contribution is 5.19. The maximum atomic E-state index is 5.36. The SMILES string of the molecule is CCOCCN(C)CC(NC)c1ccccc1. The molecular weight excluding hydrogens is 212 g/mol. The molecule has 0 heterocycles. The second-order valence-corrected chi connectivity index (χ2v) is 4.21. The molecule has 1 atom stereocenters. The number of rotatable bonds is 8. The number of nitrogens with one attached hydrogen (secondary N) is 1.